The van der Waals surface area contributed by atoms with E-state index in [4.69, 9.17) is 0 Å². The van der Waals surface area contributed by atoms with Crippen LogP contribution in [0.1, 0.15) is 42.7 Å². The maximum Gasteiger partial charge on any atom is 0.252 e. The summed E-state index contributed by atoms with van der Waals surface area (Å²) in [5.41, 5.74) is 1.78. The lowest BCUT2D eigenvalue weighted by Gasteiger charge is -2.39. The number of aryl methyl sites for hydroxylation is 1. The van der Waals surface area contributed by atoms with Crippen molar-refractivity contribution in [2.45, 2.75) is 39.7 Å². The SMILES string of the molecule is Cc1ccc(C(=O)NCC2NCCCC2(C)C)cn1.Cl.Cl. The Balaban J connectivity index is 0.00000200. The first-order valence-corrected chi connectivity index (χ1v) is 6.93. The highest BCUT2D eigenvalue weighted by atomic mass is 35.5. The third-order valence-electron chi connectivity index (χ3n) is 3.97. The highest BCUT2D eigenvalue weighted by Crippen LogP contribution is 2.29. The lowest BCUT2D eigenvalue weighted by molar-refractivity contribution is 0.0928. The largest absolute Gasteiger partial charge is 0.350 e. The van der Waals surface area contributed by atoms with Gasteiger partial charge < -0.3 is 10.6 Å². The van der Waals surface area contributed by atoms with Gasteiger partial charge in [0.1, 0.15) is 0 Å². The molecule has 0 spiro atoms. The number of rotatable bonds is 3. The molecule has 0 saturated carbocycles. The lowest BCUT2D eigenvalue weighted by atomic mass is 9.77. The number of pyridine rings is 1. The number of halogens is 2. The second kappa shape index (κ2) is 8.57. The van der Waals surface area contributed by atoms with E-state index in [1.54, 1.807) is 6.20 Å². The summed E-state index contributed by atoms with van der Waals surface area (Å²) in [5.74, 6) is -0.0457. The molecule has 0 aliphatic carbocycles. The molecule has 1 aliphatic rings. The fraction of sp³-hybridized carbons (Fsp3) is 0.600. The van der Waals surface area contributed by atoms with Gasteiger partial charge in [0.15, 0.2) is 0 Å². The highest BCUT2D eigenvalue weighted by molar-refractivity contribution is 5.93. The minimum absolute atomic E-state index is 0. The molecule has 1 aromatic heterocycles. The van der Waals surface area contributed by atoms with Crippen molar-refractivity contribution in [3.8, 4) is 0 Å². The molecule has 1 amide bonds. The predicted molar refractivity (Wildman–Crippen MR) is 90.6 cm³/mol. The molecule has 2 rings (SSSR count). The topological polar surface area (TPSA) is 54.0 Å². The fourth-order valence-corrected chi connectivity index (χ4v) is 2.52. The van der Waals surface area contributed by atoms with Gasteiger partial charge in [0.25, 0.3) is 5.91 Å². The Hall–Kier alpha value is -0.840. The summed E-state index contributed by atoms with van der Waals surface area (Å²) in [7, 11) is 0. The van der Waals surface area contributed by atoms with E-state index in [-0.39, 0.29) is 36.1 Å². The summed E-state index contributed by atoms with van der Waals surface area (Å²) < 4.78 is 0. The number of hydrogen-bond donors (Lipinski definition) is 2. The van der Waals surface area contributed by atoms with Crippen LogP contribution in [-0.2, 0) is 0 Å². The molecule has 6 heteroatoms. The molecule has 1 aliphatic heterocycles. The van der Waals surface area contributed by atoms with E-state index in [1.165, 1.54) is 12.8 Å². The molecular weight excluding hydrogens is 309 g/mol. The Morgan fingerprint density at radius 1 is 1.43 bits per heavy atom. The summed E-state index contributed by atoms with van der Waals surface area (Å²) in [6, 6.07) is 4.01. The van der Waals surface area contributed by atoms with E-state index in [9.17, 15) is 4.79 Å². The molecule has 1 atom stereocenters. The molecule has 1 fully saturated rings. The maximum atomic E-state index is 12.0. The Kier molecular flexibility index (Phi) is 8.22. The predicted octanol–water partition coefficient (Wildman–Crippen LogP) is 2.74. The van der Waals surface area contributed by atoms with Crippen LogP contribution >= 0.6 is 24.8 Å². The first-order valence-electron chi connectivity index (χ1n) is 6.93. The number of carbonyl (C=O) groups is 1. The Labute approximate surface area is 139 Å². The molecule has 1 saturated heterocycles. The van der Waals surface area contributed by atoms with Crippen molar-refractivity contribution in [3.63, 3.8) is 0 Å². The minimum Gasteiger partial charge on any atom is -0.350 e. The van der Waals surface area contributed by atoms with Crippen LogP contribution in [0.15, 0.2) is 18.3 Å². The number of carbonyl (C=O) groups excluding carboxylic acids is 1. The number of hydrogen-bond acceptors (Lipinski definition) is 3. The van der Waals surface area contributed by atoms with Crippen LogP contribution in [0.2, 0.25) is 0 Å². The van der Waals surface area contributed by atoms with E-state index >= 15 is 0 Å². The second-order valence-electron chi connectivity index (χ2n) is 6.00. The van der Waals surface area contributed by atoms with Gasteiger partial charge >= 0.3 is 0 Å². The molecule has 2 N–H and O–H groups in total. The average Bonchev–Trinajstić information content (AvgIpc) is 2.37. The molecule has 1 unspecified atom stereocenters. The number of amides is 1. The summed E-state index contributed by atoms with van der Waals surface area (Å²) in [6.07, 6.45) is 4.04. The van der Waals surface area contributed by atoms with Crippen LogP contribution in [0.3, 0.4) is 0 Å². The van der Waals surface area contributed by atoms with Gasteiger partial charge in [-0.1, -0.05) is 13.8 Å². The van der Waals surface area contributed by atoms with E-state index < -0.39 is 0 Å². The zero-order chi connectivity index (χ0) is 13.9. The van der Waals surface area contributed by atoms with E-state index in [0.717, 1.165) is 12.2 Å². The monoisotopic (exact) mass is 333 g/mol. The molecule has 0 bridgehead atoms. The van der Waals surface area contributed by atoms with Gasteiger partial charge in [0.05, 0.1) is 5.56 Å². The van der Waals surface area contributed by atoms with Crippen molar-refractivity contribution >= 4 is 30.7 Å². The third kappa shape index (κ3) is 5.46. The molecule has 0 aromatic carbocycles. The zero-order valence-electron chi connectivity index (χ0n) is 12.8. The Bertz CT molecular complexity index is 449. The molecule has 0 radical (unpaired) electrons. The number of aromatic nitrogens is 1. The normalized spacial score (nSPS) is 19.9. The van der Waals surface area contributed by atoms with Gasteiger partial charge in [-0.2, -0.15) is 0 Å². The van der Waals surface area contributed by atoms with Gasteiger partial charge in [-0.05, 0) is 43.9 Å². The van der Waals surface area contributed by atoms with Crippen molar-refractivity contribution < 1.29 is 4.79 Å². The van der Waals surface area contributed by atoms with Crippen molar-refractivity contribution in [3.05, 3.63) is 29.6 Å². The van der Waals surface area contributed by atoms with Crippen LogP contribution < -0.4 is 10.6 Å². The summed E-state index contributed by atoms with van der Waals surface area (Å²) in [4.78, 5) is 16.2. The van der Waals surface area contributed by atoms with E-state index in [2.05, 4.69) is 29.5 Å². The average molecular weight is 334 g/mol. The lowest BCUT2D eigenvalue weighted by Crippen LogP contribution is -2.52. The Morgan fingerprint density at radius 2 is 2.14 bits per heavy atom. The fourth-order valence-electron chi connectivity index (χ4n) is 2.52. The van der Waals surface area contributed by atoms with Gasteiger partial charge in [-0.3, -0.25) is 9.78 Å². The minimum atomic E-state index is -0.0457. The summed E-state index contributed by atoms with van der Waals surface area (Å²) in [5, 5.41) is 6.50. The first-order chi connectivity index (χ1) is 8.99. The maximum absolute atomic E-state index is 12.0. The number of nitrogens with zero attached hydrogens (tertiary/aromatic N) is 1. The van der Waals surface area contributed by atoms with Crippen LogP contribution in [0, 0.1) is 12.3 Å². The van der Waals surface area contributed by atoms with E-state index in [1.807, 2.05) is 19.1 Å². The molecule has 1 aromatic rings. The standard InChI is InChI=1S/C15H23N3O.2ClH/c1-11-5-6-12(9-17-11)14(19)18-10-13-15(2,3)7-4-8-16-13;;/h5-6,9,13,16H,4,7-8,10H2,1-3H3,(H,18,19);2*1H. The van der Waals surface area contributed by atoms with Gasteiger partial charge in [0, 0.05) is 24.5 Å². The van der Waals surface area contributed by atoms with Gasteiger partial charge in [-0.15, -0.1) is 24.8 Å². The van der Waals surface area contributed by atoms with Crippen LogP contribution in [0.4, 0.5) is 0 Å². The molecule has 120 valence electrons. The van der Waals surface area contributed by atoms with Gasteiger partial charge in [-0.25, -0.2) is 0 Å². The zero-order valence-corrected chi connectivity index (χ0v) is 14.4. The van der Waals surface area contributed by atoms with Crippen LogP contribution in [0.25, 0.3) is 0 Å². The summed E-state index contributed by atoms with van der Waals surface area (Å²) in [6.45, 7) is 8.12. The van der Waals surface area contributed by atoms with Crippen molar-refractivity contribution in [1.29, 1.82) is 0 Å². The first kappa shape index (κ1) is 20.2. The number of nitrogens with one attached hydrogen (secondary N) is 2. The van der Waals surface area contributed by atoms with Crippen LogP contribution in [0.5, 0.6) is 0 Å². The molecule has 2 heterocycles. The van der Waals surface area contributed by atoms with Crippen LogP contribution in [-0.4, -0.2) is 30.0 Å². The third-order valence-corrected chi connectivity index (χ3v) is 3.97. The van der Waals surface area contributed by atoms with Crippen molar-refractivity contribution in [1.82, 2.24) is 15.6 Å². The smallest absolute Gasteiger partial charge is 0.252 e. The van der Waals surface area contributed by atoms with Crippen molar-refractivity contribution in [2.75, 3.05) is 13.1 Å². The van der Waals surface area contributed by atoms with Crippen molar-refractivity contribution in [2.24, 2.45) is 5.41 Å². The molecule has 21 heavy (non-hydrogen) atoms. The molecular formula is C15H25Cl2N3O. The second-order valence-corrected chi connectivity index (χ2v) is 6.00. The number of piperidine rings is 1. The summed E-state index contributed by atoms with van der Waals surface area (Å²) >= 11 is 0. The molecule has 4 nitrogen and oxygen atoms in total. The van der Waals surface area contributed by atoms with Gasteiger partial charge in [0.2, 0.25) is 0 Å². The van der Waals surface area contributed by atoms with E-state index in [0.29, 0.717) is 18.2 Å². The Morgan fingerprint density at radius 3 is 2.71 bits per heavy atom. The highest BCUT2D eigenvalue weighted by Gasteiger charge is 2.31. The quantitative estimate of drug-likeness (QED) is 0.894.